The zero-order chi connectivity index (χ0) is 24.3. The first kappa shape index (κ1) is 24.2. The molecule has 0 spiro atoms. The fourth-order valence-corrected chi connectivity index (χ4v) is 6.15. The number of aryl methyl sites for hydroxylation is 1. The Labute approximate surface area is 203 Å². The maximum atomic E-state index is 13.1. The number of nitrogens with one attached hydrogen (secondary N) is 1. The molecule has 4 rings (SSSR count). The first-order valence-corrected chi connectivity index (χ1v) is 13.2. The van der Waals surface area contributed by atoms with Crippen LogP contribution < -0.4 is 14.8 Å². The highest BCUT2D eigenvalue weighted by atomic mass is 32.2. The smallest absolute Gasteiger partial charge is 0.243 e. The minimum atomic E-state index is -3.65. The SMILES string of the molecule is COc1ccc(OC)c(-c2csc(NC(=O)C3CCCN(S(=O)(=O)c4ccc(C)cc4)C3)n2)c1. The topological polar surface area (TPSA) is 97.8 Å². The van der Waals surface area contributed by atoms with Crippen LogP contribution in [0.2, 0.25) is 0 Å². The summed E-state index contributed by atoms with van der Waals surface area (Å²) in [5.41, 5.74) is 2.40. The van der Waals surface area contributed by atoms with E-state index in [-0.39, 0.29) is 17.3 Å². The van der Waals surface area contributed by atoms with E-state index in [1.54, 1.807) is 50.6 Å². The predicted molar refractivity (Wildman–Crippen MR) is 132 cm³/mol. The van der Waals surface area contributed by atoms with Crippen molar-refractivity contribution < 1.29 is 22.7 Å². The van der Waals surface area contributed by atoms with Gasteiger partial charge in [0.25, 0.3) is 0 Å². The third-order valence-corrected chi connectivity index (χ3v) is 8.47. The Morgan fingerprint density at radius 1 is 1.15 bits per heavy atom. The number of carbonyl (C=O) groups is 1. The molecule has 34 heavy (non-hydrogen) atoms. The van der Waals surface area contributed by atoms with Crippen LogP contribution in [0.15, 0.2) is 52.7 Å². The normalized spacial score (nSPS) is 16.7. The summed E-state index contributed by atoms with van der Waals surface area (Å²) >= 11 is 1.30. The average Bonchev–Trinajstić information content (AvgIpc) is 3.32. The molecule has 8 nitrogen and oxygen atoms in total. The molecule has 2 heterocycles. The van der Waals surface area contributed by atoms with Crippen LogP contribution in [0.4, 0.5) is 5.13 Å². The molecular formula is C24H27N3O5S2. The summed E-state index contributed by atoms with van der Waals surface area (Å²) in [6.07, 6.45) is 1.24. The summed E-state index contributed by atoms with van der Waals surface area (Å²) in [5.74, 6) is 0.634. The number of rotatable bonds is 7. The molecule has 10 heteroatoms. The molecule has 0 bridgehead atoms. The highest BCUT2D eigenvalue weighted by Crippen LogP contribution is 2.35. The van der Waals surface area contributed by atoms with E-state index in [2.05, 4.69) is 10.3 Å². The number of anilines is 1. The number of piperidine rings is 1. The van der Waals surface area contributed by atoms with Gasteiger partial charge in [0, 0.05) is 24.0 Å². The van der Waals surface area contributed by atoms with Crippen molar-refractivity contribution in [2.75, 3.05) is 32.6 Å². The third kappa shape index (κ3) is 5.08. The standard InChI is InChI=1S/C24H27N3O5S2/c1-16-6-9-19(10-7-16)34(29,30)27-12-4-5-17(14-27)23(28)26-24-25-21(15-33-24)20-13-18(31-2)8-11-22(20)32-3/h6-11,13,15,17H,4-5,12,14H2,1-3H3,(H,25,26,28). The number of hydrogen-bond donors (Lipinski definition) is 1. The number of sulfonamides is 1. The molecule has 2 aromatic carbocycles. The summed E-state index contributed by atoms with van der Waals surface area (Å²) < 4.78 is 38.3. The van der Waals surface area contributed by atoms with Gasteiger partial charge in [-0.2, -0.15) is 4.31 Å². The first-order valence-electron chi connectivity index (χ1n) is 10.9. The van der Waals surface area contributed by atoms with Gasteiger partial charge in [0.15, 0.2) is 5.13 Å². The van der Waals surface area contributed by atoms with Gasteiger partial charge in [0.1, 0.15) is 11.5 Å². The maximum Gasteiger partial charge on any atom is 0.243 e. The van der Waals surface area contributed by atoms with Gasteiger partial charge in [-0.15, -0.1) is 11.3 Å². The minimum absolute atomic E-state index is 0.143. The molecule has 1 atom stereocenters. The van der Waals surface area contributed by atoms with Crippen molar-refractivity contribution in [3.8, 4) is 22.8 Å². The largest absolute Gasteiger partial charge is 0.497 e. The number of ether oxygens (including phenoxy) is 2. The van der Waals surface area contributed by atoms with Gasteiger partial charge in [-0.1, -0.05) is 17.7 Å². The Bertz CT molecular complexity index is 1270. The second kappa shape index (κ2) is 10.1. The van der Waals surface area contributed by atoms with Crippen LogP contribution in [0.25, 0.3) is 11.3 Å². The van der Waals surface area contributed by atoms with E-state index in [1.165, 1.54) is 15.6 Å². The van der Waals surface area contributed by atoms with Crippen molar-refractivity contribution in [3.05, 3.63) is 53.4 Å². The highest BCUT2D eigenvalue weighted by Gasteiger charge is 2.33. The number of hydrogen-bond acceptors (Lipinski definition) is 7. The lowest BCUT2D eigenvalue weighted by Crippen LogP contribution is -2.43. The Hall–Kier alpha value is -2.95. The summed E-state index contributed by atoms with van der Waals surface area (Å²) in [6, 6.07) is 12.2. The van der Waals surface area contributed by atoms with E-state index in [0.29, 0.717) is 41.7 Å². The van der Waals surface area contributed by atoms with Gasteiger partial charge < -0.3 is 14.8 Å². The number of aromatic nitrogens is 1. The van der Waals surface area contributed by atoms with Gasteiger partial charge in [0.05, 0.1) is 30.7 Å². The molecule has 3 aromatic rings. The Kier molecular flexibility index (Phi) is 7.20. The molecule has 0 radical (unpaired) electrons. The van der Waals surface area contributed by atoms with Gasteiger partial charge in [0.2, 0.25) is 15.9 Å². The summed E-state index contributed by atoms with van der Waals surface area (Å²) in [4.78, 5) is 17.8. The van der Waals surface area contributed by atoms with Gasteiger partial charge in [-0.3, -0.25) is 4.79 Å². The van der Waals surface area contributed by atoms with E-state index in [9.17, 15) is 13.2 Å². The molecular weight excluding hydrogens is 474 g/mol. The Morgan fingerprint density at radius 2 is 1.91 bits per heavy atom. The lowest BCUT2D eigenvalue weighted by Gasteiger charge is -2.31. The van der Waals surface area contributed by atoms with Crippen molar-refractivity contribution in [1.29, 1.82) is 0 Å². The molecule has 1 amide bonds. The molecule has 1 aliphatic rings. The zero-order valence-corrected chi connectivity index (χ0v) is 20.9. The first-order chi connectivity index (χ1) is 16.3. The van der Waals surface area contributed by atoms with Crippen LogP contribution in [-0.2, 0) is 14.8 Å². The second-order valence-corrected chi connectivity index (χ2v) is 10.9. The molecule has 1 aromatic heterocycles. The predicted octanol–water partition coefficient (Wildman–Crippen LogP) is 4.18. The van der Waals surface area contributed by atoms with Crippen molar-refractivity contribution in [3.63, 3.8) is 0 Å². The minimum Gasteiger partial charge on any atom is -0.497 e. The monoisotopic (exact) mass is 501 g/mol. The van der Waals surface area contributed by atoms with Crippen LogP contribution in [0, 0.1) is 12.8 Å². The van der Waals surface area contributed by atoms with Crippen molar-refractivity contribution in [1.82, 2.24) is 9.29 Å². The molecule has 1 aliphatic heterocycles. The fraction of sp³-hybridized carbons (Fsp3) is 0.333. The van der Waals surface area contributed by atoms with Crippen LogP contribution in [0.3, 0.4) is 0 Å². The van der Waals surface area contributed by atoms with Crippen molar-refractivity contribution in [2.45, 2.75) is 24.7 Å². The van der Waals surface area contributed by atoms with E-state index >= 15 is 0 Å². The lowest BCUT2D eigenvalue weighted by atomic mass is 9.99. The number of nitrogens with zero attached hydrogens (tertiary/aromatic N) is 2. The zero-order valence-electron chi connectivity index (χ0n) is 19.3. The van der Waals surface area contributed by atoms with Gasteiger partial charge >= 0.3 is 0 Å². The second-order valence-electron chi connectivity index (χ2n) is 8.11. The van der Waals surface area contributed by atoms with Crippen LogP contribution in [0.5, 0.6) is 11.5 Å². The average molecular weight is 502 g/mol. The quantitative estimate of drug-likeness (QED) is 0.522. The lowest BCUT2D eigenvalue weighted by molar-refractivity contribution is -0.120. The highest BCUT2D eigenvalue weighted by molar-refractivity contribution is 7.89. The van der Waals surface area contributed by atoms with Crippen LogP contribution >= 0.6 is 11.3 Å². The summed E-state index contributed by atoms with van der Waals surface area (Å²) in [5, 5.41) is 5.14. The summed E-state index contributed by atoms with van der Waals surface area (Å²) in [7, 11) is -0.479. The van der Waals surface area contributed by atoms with Crippen molar-refractivity contribution in [2.24, 2.45) is 5.92 Å². The molecule has 1 N–H and O–H groups in total. The molecule has 1 saturated heterocycles. The number of carbonyl (C=O) groups excluding carboxylic acids is 1. The maximum absolute atomic E-state index is 13.1. The van der Waals surface area contributed by atoms with E-state index in [0.717, 1.165) is 11.1 Å². The number of benzene rings is 2. The van der Waals surface area contributed by atoms with E-state index < -0.39 is 15.9 Å². The Morgan fingerprint density at radius 3 is 2.62 bits per heavy atom. The van der Waals surface area contributed by atoms with E-state index in [4.69, 9.17) is 9.47 Å². The van der Waals surface area contributed by atoms with Crippen LogP contribution in [-0.4, -0.2) is 50.9 Å². The van der Waals surface area contributed by atoms with Crippen molar-refractivity contribution >= 4 is 32.4 Å². The Balaban J connectivity index is 1.47. The fourth-order valence-electron chi connectivity index (χ4n) is 3.91. The third-order valence-electron chi connectivity index (χ3n) is 5.83. The molecule has 1 unspecified atom stereocenters. The molecule has 0 aliphatic carbocycles. The molecule has 180 valence electrons. The molecule has 1 fully saturated rings. The summed E-state index contributed by atoms with van der Waals surface area (Å²) in [6.45, 7) is 2.45. The van der Waals surface area contributed by atoms with Gasteiger partial charge in [-0.05, 0) is 50.1 Å². The number of methoxy groups -OCH3 is 2. The van der Waals surface area contributed by atoms with E-state index in [1.807, 2.05) is 18.4 Å². The number of thiazole rings is 1. The van der Waals surface area contributed by atoms with Crippen LogP contribution in [0.1, 0.15) is 18.4 Å². The molecule has 0 saturated carbocycles. The number of amides is 1. The van der Waals surface area contributed by atoms with Gasteiger partial charge in [-0.25, -0.2) is 13.4 Å².